The molecule has 0 bridgehead atoms. The van der Waals surface area contributed by atoms with E-state index in [2.05, 4.69) is 0 Å². The lowest BCUT2D eigenvalue weighted by Gasteiger charge is -2.06. The predicted molar refractivity (Wildman–Crippen MR) is 74.5 cm³/mol. The lowest BCUT2D eigenvalue weighted by molar-refractivity contribution is -0.143. The summed E-state index contributed by atoms with van der Waals surface area (Å²) in [7, 11) is 0. The maximum Gasteiger partial charge on any atom is 0.323 e. The second-order valence-electron chi connectivity index (χ2n) is 4.02. The van der Waals surface area contributed by atoms with Gasteiger partial charge in [0.25, 0.3) is 0 Å². The summed E-state index contributed by atoms with van der Waals surface area (Å²) in [5.74, 6) is -4.51. The van der Waals surface area contributed by atoms with Gasteiger partial charge >= 0.3 is 23.9 Å². The Morgan fingerprint density at radius 3 is 1.26 bits per heavy atom. The molecule has 0 radical (unpaired) electrons. The third-order valence-electron chi connectivity index (χ3n) is 1.87. The van der Waals surface area contributed by atoms with E-state index in [1.807, 2.05) is 0 Å². The molecule has 0 aromatic carbocycles. The van der Waals surface area contributed by atoms with Crippen molar-refractivity contribution < 1.29 is 49.8 Å². The van der Waals surface area contributed by atoms with Gasteiger partial charge in [-0.15, -0.1) is 0 Å². The molecule has 23 heavy (non-hydrogen) atoms. The van der Waals surface area contributed by atoms with Gasteiger partial charge < -0.3 is 42.1 Å². The molecule has 12 heteroatoms. The minimum absolute atomic E-state index is 0.296. The van der Waals surface area contributed by atoms with Crippen molar-refractivity contribution in [3.05, 3.63) is 0 Å². The van der Waals surface area contributed by atoms with Crippen LogP contribution in [-0.4, -0.2) is 79.3 Å². The van der Waals surface area contributed by atoms with Gasteiger partial charge in [-0.3, -0.25) is 19.2 Å². The van der Waals surface area contributed by atoms with Gasteiger partial charge in [0.15, 0.2) is 0 Å². The van der Waals surface area contributed by atoms with Gasteiger partial charge in [0.2, 0.25) is 0 Å². The maximum absolute atomic E-state index is 9.86. The van der Waals surface area contributed by atoms with Crippen LogP contribution in [0.25, 0.3) is 0 Å². The van der Waals surface area contributed by atoms with Gasteiger partial charge in [-0.05, 0) is 6.92 Å². The molecule has 0 fully saturated rings. The number of aliphatic hydroxyl groups is 2. The van der Waals surface area contributed by atoms with Crippen LogP contribution in [0.2, 0.25) is 0 Å². The summed E-state index contributed by atoms with van der Waals surface area (Å²) in [5, 5.41) is 48.2. The molecular weight excluding hydrogens is 320 g/mol. The first-order valence-corrected chi connectivity index (χ1v) is 6.06. The van der Waals surface area contributed by atoms with Crippen LogP contribution in [0.3, 0.4) is 0 Å². The molecule has 0 amide bonds. The molecular formula is C11H22N2O10. The maximum atomic E-state index is 9.86. The number of rotatable bonds is 7. The summed E-state index contributed by atoms with van der Waals surface area (Å²) < 4.78 is 0. The quantitative estimate of drug-likeness (QED) is 0.232. The molecule has 0 unspecified atom stereocenters. The second kappa shape index (κ2) is 14.6. The molecule has 0 aliphatic carbocycles. The zero-order valence-corrected chi connectivity index (χ0v) is 12.3. The number of carboxylic acid groups (broad SMARTS) is 4. The minimum atomic E-state index is -1.18. The Bertz CT molecular complexity index is 371. The largest absolute Gasteiger partial charge is 0.481 e. The van der Waals surface area contributed by atoms with Gasteiger partial charge in [-0.2, -0.15) is 0 Å². The van der Waals surface area contributed by atoms with E-state index in [0.717, 1.165) is 0 Å². The summed E-state index contributed by atoms with van der Waals surface area (Å²) in [6, 6.07) is -2.28. The van der Waals surface area contributed by atoms with Gasteiger partial charge in [0, 0.05) is 0 Å². The highest BCUT2D eigenvalue weighted by atomic mass is 16.4. The fourth-order valence-electron chi connectivity index (χ4n) is 0.498. The smallest absolute Gasteiger partial charge is 0.323 e. The van der Waals surface area contributed by atoms with E-state index in [1.54, 1.807) is 0 Å². The average Bonchev–Trinajstić information content (AvgIpc) is 2.44. The summed E-state index contributed by atoms with van der Waals surface area (Å²) in [6.07, 6.45) is -1.57. The molecule has 12 nitrogen and oxygen atoms in total. The fraction of sp³-hybridized carbons (Fsp3) is 0.636. The Hall–Kier alpha value is -2.28. The van der Waals surface area contributed by atoms with Crippen molar-refractivity contribution in [3.8, 4) is 0 Å². The van der Waals surface area contributed by atoms with E-state index in [9.17, 15) is 19.2 Å². The molecule has 0 aliphatic heterocycles. The summed E-state index contributed by atoms with van der Waals surface area (Å²) in [6.45, 7) is 0.827. The van der Waals surface area contributed by atoms with Crippen LogP contribution in [0, 0.1) is 0 Å². The number of hydrogen-bond donors (Lipinski definition) is 8. The first kappa shape index (κ1) is 25.7. The van der Waals surface area contributed by atoms with Crippen molar-refractivity contribution in [1.29, 1.82) is 0 Å². The predicted octanol–water partition coefficient (Wildman–Crippen LogP) is -2.89. The molecule has 0 heterocycles. The Morgan fingerprint density at radius 1 is 0.870 bits per heavy atom. The number of carboxylic acids is 4. The van der Waals surface area contributed by atoms with Crippen molar-refractivity contribution in [3.63, 3.8) is 0 Å². The van der Waals surface area contributed by atoms with Gasteiger partial charge in [-0.1, -0.05) is 0 Å². The van der Waals surface area contributed by atoms with Crippen molar-refractivity contribution in [2.75, 3.05) is 6.61 Å². The zero-order chi connectivity index (χ0) is 19.2. The van der Waals surface area contributed by atoms with E-state index < -0.39 is 48.7 Å². The van der Waals surface area contributed by atoms with E-state index in [-0.39, 0.29) is 12.8 Å². The van der Waals surface area contributed by atoms with E-state index in [1.165, 1.54) is 6.92 Å². The molecule has 0 rings (SSSR count). The third kappa shape index (κ3) is 22.1. The highest BCUT2D eigenvalue weighted by molar-refractivity contribution is 5.75. The molecule has 0 aliphatic rings. The zero-order valence-electron chi connectivity index (χ0n) is 12.3. The van der Waals surface area contributed by atoms with E-state index >= 15 is 0 Å². The summed E-state index contributed by atoms with van der Waals surface area (Å²) in [4.78, 5) is 38.8. The minimum Gasteiger partial charge on any atom is -0.481 e. The highest BCUT2D eigenvalue weighted by Gasteiger charge is 2.16. The van der Waals surface area contributed by atoms with Gasteiger partial charge in [0.05, 0.1) is 25.6 Å². The molecule has 3 atom stereocenters. The third-order valence-corrected chi connectivity index (χ3v) is 1.87. The normalized spacial score (nSPS) is 13.1. The number of aliphatic hydroxyl groups excluding tert-OH is 2. The van der Waals surface area contributed by atoms with Crippen LogP contribution in [0.5, 0.6) is 0 Å². The summed E-state index contributed by atoms with van der Waals surface area (Å²) >= 11 is 0. The fourth-order valence-corrected chi connectivity index (χ4v) is 0.498. The molecule has 0 spiro atoms. The monoisotopic (exact) mass is 342 g/mol. The lowest BCUT2D eigenvalue weighted by atomic mass is 10.2. The van der Waals surface area contributed by atoms with Crippen molar-refractivity contribution in [2.45, 2.75) is 38.0 Å². The molecule has 0 aromatic heterocycles. The number of carbonyl (C=O) groups is 4. The van der Waals surface area contributed by atoms with Crippen LogP contribution in [0.1, 0.15) is 19.8 Å². The van der Waals surface area contributed by atoms with Crippen LogP contribution >= 0.6 is 0 Å². The molecule has 0 aromatic rings. The molecule has 10 N–H and O–H groups in total. The van der Waals surface area contributed by atoms with Gasteiger partial charge in [-0.25, -0.2) is 0 Å². The first-order chi connectivity index (χ1) is 10.4. The Balaban J connectivity index is -0.000000262. The average molecular weight is 342 g/mol. The molecule has 136 valence electrons. The highest BCUT2D eigenvalue weighted by Crippen LogP contribution is 1.86. The topological polar surface area (TPSA) is 242 Å². The van der Waals surface area contributed by atoms with E-state index in [0.29, 0.717) is 0 Å². The Morgan fingerprint density at radius 2 is 1.22 bits per heavy atom. The van der Waals surface area contributed by atoms with Gasteiger partial charge in [0.1, 0.15) is 12.1 Å². The number of aliphatic carboxylic acids is 4. The van der Waals surface area contributed by atoms with Crippen LogP contribution in [0.4, 0.5) is 0 Å². The van der Waals surface area contributed by atoms with E-state index in [4.69, 9.17) is 42.1 Å². The van der Waals surface area contributed by atoms with Crippen LogP contribution in [0.15, 0.2) is 0 Å². The Kier molecular flexibility index (Phi) is 16.3. The van der Waals surface area contributed by atoms with Crippen LogP contribution < -0.4 is 11.5 Å². The van der Waals surface area contributed by atoms with Crippen LogP contribution in [-0.2, 0) is 19.2 Å². The SMILES string of the molecule is C[C@@H](O)[C@H](N)C(=O)O.N[C@@H](CO)C(=O)O.O=C(O)CCC(=O)O. The number of nitrogens with two attached hydrogens (primary N) is 2. The Labute approximate surface area is 130 Å². The van der Waals surface area contributed by atoms with Crippen molar-refractivity contribution in [2.24, 2.45) is 11.5 Å². The second-order valence-corrected chi connectivity index (χ2v) is 4.02. The first-order valence-electron chi connectivity index (χ1n) is 6.06. The molecule has 0 saturated carbocycles. The summed E-state index contributed by atoms with van der Waals surface area (Å²) in [5.41, 5.74) is 9.68. The standard InChI is InChI=1S/C4H9NO3.C4H6O4.C3H7NO3/c1-2(6)3(5)4(7)8;5-3(6)1-2-4(7)8;4-2(1-5)3(6)7/h2-3,6H,5H2,1H3,(H,7,8);1-2H2,(H,5,6)(H,7,8);2,5H,1,4H2,(H,6,7)/t2-,3+;;2-/m1.0/s1. The lowest BCUT2D eigenvalue weighted by Crippen LogP contribution is -2.39. The molecule has 0 saturated heterocycles. The van der Waals surface area contributed by atoms with Crippen molar-refractivity contribution in [1.82, 2.24) is 0 Å². The van der Waals surface area contributed by atoms with Crippen molar-refractivity contribution >= 4 is 23.9 Å². The number of hydrogen-bond acceptors (Lipinski definition) is 8.